The Morgan fingerprint density at radius 1 is 1.06 bits per heavy atom. The van der Waals surface area contributed by atoms with E-state index < -0.39 is 39.3 Å². The molecule has 170 valence electrons. The number of ketones is 1. The molecule has 1 fully saturated rings. The molecule has 4 rings (SSSR count). The predicted molar refractivity (Wildman–Crippen MR) is 114 cm³/mol. The molecule has 32 heavy (non-hydrogen) atoms. The summed E-state index contributed by atoms with van der Waals surface area (Å²) in [6.45, 7) is 2.28. The average Bonchev–Trinajstić information content (AvgIpc) is 3.27. The van der Waals surface area contributed by atoms with Crippen molar-refractivity contribution in [2.45, 2.75) is 37.2 Å². The van der Waals surface area contributed by atoms with Crippen LogP contribution in [0.15, 0.2) is 41.3 Å². The van der Waals surface area contributed by atoms with Gasteiger partial charge < -0.3 is 9.47 Å². The highest BCUT2D eigenvalue weighted by Crippen LogP contribution is 2.24. The predicted octanol–water partition coefficient (Wildman–Crippen LogP) is 2.76. The molecule has 9 heteroatoms. The van der Waals surface area contributed by atoms with E-state index >= 15 is 0 Å². The molecule has 0 amide bonds. The first-order chi connectivity index (χ1) is 15.3. The standard InChI is InChI=1S/C23H24FNO6S/c1-15(22(26)18-6-5-16-3-2-4-17(16)13-18)31-23(27)20-14-19(7-8-21(20)24)32(28,29)25-9-11-30-12-10-25/h5-8,13-15H,2-4,9-12H2,1H3. The highest BCUT2D eigenvalue weighted by molar-refractivity contribution is 7.89. The van der Waals surface area contributed by atoms with E-state index in [4.69, 9.17) is 9.47 Å². The van der Waals surface area contributed by atoms with E-state index in [1.807, 2.05) is 12.1 Å². The molecule has 1 saturated heterocycles. The van der Waals surface area contributed by atoms with Crippen molar-refractivity contribution >= 4 is 21.8 Å². The van der Waals surface area contributed by atoms with E-state index in [9.17, 15) is 22.4 Å². The number of Topliss-reactive ketones (excluding diaryl/α,β-unsaturated/α-hetero) is 1. The maximum atomic E-state index is 14.4. The van der Waals surface area contributed by atoms with Gasteiger partial charge in [-0.05, 0) is 61.6 Å². The lowest BCUT2D eigenvalue weighted by Crippen LogP contribution is -2.40. The third-order valence-corrected chi connectivity index (χ3v) is 7.70. The molecule has 0 radical (unpaired) electrons. The molecular formula is C23H24FNO6S. The van der Waals surface area contributed by atoms with Crippen LogP contribution in [0.2, 0.25) is 0 Å². The van der Waals surface area contributed by atoms with Crippen molar-refractivity contribution < 1.29 is 31.9 Å². The van der Waals surface area contributed by atoms with Gasteiger partial charge >= 0.3 is 5.97 Å². The summed E-state index contributed by atoms with van der Waals surface area (Å²) < 4.78 is 51.6. The molecule has 2 aromatic carbocycles. The summed E-state index contributed by atoms with van der Waals surface area (Å²) >= 11 is 0. The third-order valence-electron chi connectivity index (χ3n) is 5.80. The summed E-state index contributed by atoms with van der Waals surface area (Å²) in [5.41, 5.74) is 2.22. The van der Waals surface area contributed by atoms with Crippen LogP contribution in [0.5, 0.6) is 0 Å². The molecule has 2 aliphatic rings. The first-order valence-electron chi connectivity index (χ1n) is 10.5. The highest BCUT2D eigenvalue weighted by atomic mass is 32.2. The number of morpholine rings is 1. The molecule has 1 atom stereocenters. The second-order valence-electron chi connectivity index (χ2n) is 7.91. The number of hydrogen-bond acceptors (Lipinski definition) is 6. The van der Waals surface area contributed by atoms with Crippen LogP contribution in [0.4, 0.5) is 4.39 Å². The van der Waals surface area contributed by atoms with Crippen molar-refractivity contribution in [1.29, 1.82) is 0 Å². The summed E-state index contributed by atoms with van der Waals surface area (Å²) in [7, 11) is -3.92. The van der Waals surface area contributed by atoms with Gasteiger partial charge in [0, 0.05) is 18.7 Å². The van der Waals surface area contributed by atoms with Crippen LogP contribution in [0.25, 0.3) is 0 Å². The molecule has 0 aromatic heterocycles. The molecule has 0 bridgehead atoms. The Morgan fingerprint density at radius 2 is 1.78 bits per heavy atom. The number of nitrogens with zero attached hydrogens (tertiary/aromatic N) is 1. The van der Waals surface area contributed by atoms with Gasteiger partial charge in [-0.15, -0.1) is 0 Å². The number of aryl methyl sites for hydroxylation is 2. The zero-order chi connectivity index (χ0) is 22.9. The number of benzene rings is 2. The first kappa shape index (κ1) is 22.6. The fourth-order valence-corrected chi connectivity index (χ4v) is 5.43. The Balaban J connectivity index is 1.51. The number of sulfonamides is 1. The number of halogens is 1. The normalized spacial score (nSPS) is 17.6. The number of ether oxygens (including phenoxy) is 2. The minimum Gasteiger partial charge on any atom is -0.451 e. The zero-order valence-corrected chi connectivity index (χ0v) is 18.5. The Bertz CT molecular complexity index is 1160. The largest absolute Gasteiger partial charge is 0.451 e. The minimum atomic E-state index is -3.92. The molecule has 1 unspecified atom stereocenters. The molecule has 1 aliphatic carbocycles. The third kappa shape index (κ3) is 4.46. The first-order valence-corrected chi connectivity index (χ1v) is 12.0. The van der Waals surface area contributed by atoms with Crippen LogP contribution in [-0.2, 0) is 32.3 Å². The second kappa shape index (κ2) is 9.09. The average molecular weight is 462 g/mol. The van der Waals surface area contributed by atoms with Gasteiger partial charge in [0.1, 0.15) is 5.82 Å². The number of carbonyl (C=O) groups is 2. The van der Waals surface area contributed by atoms with E-state index in [0.717, 1.165) is 43.0 Å². The smallest absolute Gasteiger partial charge is 0.341 e. The summed E-state index contributed by atoms with van der Waals surface area (Å²) in [5, 5.41) is 0. The van der Waals surface area contributed by atoms with Crippen molar-refractivity contribution in [3.05, 3.63) is 64.5 Å². The van der Waals surface area contributed by atoms with E-state index in [1.54, 1.807) is 6.07 Å². The molecule has 2 aromatic rings. The van der Waals surface area contributed by atoms with Crippen LogP contribution in [0.3, 0.4) is 0 Å². The molecule has 0 N–H and O–H groups in total. The molecule has 0 saturated carbocycles. The van der Waals surface area contributed by atoms with Gasteiger partial charge in [0.05, 0.1) is 23.7 Å². The fraction of sp³-hybridized carbons (Fsp3) is 0.391. The number of rotatable bonds is 6. The lowest BCUT2D eigenvalue weighted by atomic mass is 10.0. The Hall–Kier alpha value is -2.62. The monoisotopic (exact) mass is 461 g/mol. The molecule has 1 heterocycles. The van der Waals surface area contributed by atoms with E-state index in [1.165, 1.54) is 16.8 Å². The van der Waals surface area contributed by atoms with E-state index in [0.29, 0.717) is 5.56 Å². The van der Waals surface area contributed by atoms with Crippen LogP contribution in [0, 0.1) is 5.82 Å². The maximum absolute atomic E-state index is 14.4. The zero-order valence-electron chi connectivity index (χ0n) is 17.7. The number of fused-ring (bicyclic) bond motifs is 1. The molecular weight excluding hydrogens is 437 g/mol. The van der Waals surface area contributed by atoms with Crippen molar-refractivity contribution in [1.82, 2.24) is 4.31 Å². The minimum absolute atomic E-state index is 0.172. The SMILES string of the molecule is CC(OC(=O)c1cc(S(=O)(=O)N2CCOCC2)ccc1F)C(=O)c1ccc2c(c1)CCC2. The van der Waals surface area contributed by atoms with Gasteiger partial charge in [-0.2, -0.15) is 4.31 Å². The molecule has 0 spiro atoms. The molecule has 1 aliphatic heterocycles. The van der Waals surface area contributed by atoms with Crippen molar-refractivity contribution in [2.24, 2.45) is 0 Å². The van der Waals surface area contributed by atoms with Gasteiger partial charge in [0.15, 0.2) is 6.10 Å². The van der Waals surface area contributed by atoms with Crippen molar-refractivity contribution in [3.8, 4) is 0 Å². The van der Waals surface area contributed by atoms with Crippen LogP contribution in [0.1, 0.15) is 45.2 Å². The lowest BCUT2D eigenvalue weighted by molar-refractivity contribution is 0.0314. The van der Waals surface area contributed by atoms with Crippen molar-refractivity contribution in [3.63, 3.8) is 0 Å². The van der Waals surface area contributed by atoms with Crippen LogP contribution < -0.4 is 0 Å². The number of carbonyl (C=O) groups excluding carboxylic acids is 2. The van der Waals surface area contributed by atoms with E-state index in [2.05, 4.69) is 0 Å². The van der Waals surface area contributed by atoms with Gasteiger partial charge in [0.2, 0.25) is 15.8 Å². The second-order valence-corrected chi connectivity index (χ2v) is 9.84. The summed E-state index contributed by atoms with van der Waals surface area (Å²) in [4.78, 5) is 25.1. The fourth-order valence-electron chi connectivity index (χ4n) is 3.99. The van der Waals surface area contributed by atoms with Crippen LogP contribution >= 0.6 is 0 Å². The van der Waals surface area contributed by atoms with Crippen LogP contribution in [-0.4, -0.2) is 56.9 Å². The Morgan fingerprint density at radius 3 is 2.53 bits per heavy atom. The number of esters is 1. The van der Waals surface area contributed by atoms with Gasteiger partial charge in [0.25, 0.3) is 0 Å². The van der Waals surface area contributed by atoms with Crippen molar-refractivity contribution in [2.75, 3.05) is 26.3 Å². The lowest BCUT2D eigenvalue weighted by Gasteiger charge is -2.26. The Kier molecular flexibility index (Phi) is 6.41. The van der Waals surface area contributed by atoms with E-state index in [-0.39, 0.29) is 31.2 Å². The molecule has 7 nitrogen and oxygen atoms in total. The Labute approximate surface area is 186 Å². The summed E-state index contributed by atoms with van der Waals surface area (Å²) in [6, 6.07) is 8.39. The highest BCUT2D eigenvalue weighted by Gasteiger charge is 2.29. The topological polar surface area (TPSA) is 90.0 Å². The number of hydrogen-bond donors (Lipinski definition) is 0. The van der Waals surface area contributed by atoms with Gasteiger partial charge in [-0.1, -0.05) is 12.1 Å². The van der Waals surface area contributed by atoms with Gasteiger partial charge in [-0.25, -0.2) is 17.6 Å². The summed E-state index contributed by atoms with van der Waals surface area (Å²) in [6.07, 6.45) is 1.78. The summed E-state index contributed by atoms with van der Waals surface area (Å²) in [5.74, 6) is -2.41. The maximum Gasteiger partial charge on any atom is 0.341 e. The van der Waals surface area contributed by atoms with Gasteiger partial charge in [-0.3, -0.25) is 4.79 Å². The quantitative estimate of drug-likeness (QED) is 0.486.